The minimum atomic E-state index is -0.200. The van der Waals surface area contributed by atoms with Gasteiger partial charge in [-0.2, -0.15) is 0 Å². The summed E-state index contributed by atoms with van der Waals surface area (Å²) in [6, 6.07) is 3.97. The van der Waals surface area contributed by atoms with Crippen molar-refractivity contribution >= 4 is 0 Å². The molecule has 1 aliphatic carbocycles. The highest BCUT2D eigenvalue weighted by atomic mass is 16.5. The van der Waals surface area contributed by atoms with Crippen LogP contribution >= 0.6 is 0 Å². The summed E-state index contributed by atoms with van der Waals surface area (Å²) >= 11 is 0. The summed E-state index contributed by atoms with van der Waals surface area (Å²) in [4.78, 5) is 0. The first kappa shape index (κ1) is 9.34. The van der Waals surface area contributed by atoms with Crippen molar-refractivity contribution in [2.24, 2.45) is 5.73 Å². The molecule has 0 aromatic heterocycles. The molecule has 0 bridgehead atoms. The lowest BCUT2D eigenvalue weighted by Gasteiger charge is -2.38. The van der Waals surface area contributed by atoms with E-state index in [1.54, 1.807) is 14.2 Å². The number of benzene rings is 1. The summed E-state index contributed by atoms with van der Waals surface area (Å²) < 4.78 is 10.4. The van der Waals surface area contributed by atoms with Gasteiger partial charge < -0.3 is 15.2 Å². The second-order valence-corrected chi connectivity index (χ2v) is 3.96. The third-order valence-electron chi connectivity index (χ3n) is 2.78. The van der Waals surface area contributed by atoms with Gasteiger partial charge in [-0.25, -0.2) is 0 Å². The summed E-state index contributed by atoms with van der Waals surface area (Å²) in [7, 11) is 3.28. The van der Waals surface area contributed by atoms with Crippen molar-refractivity contribution < 1.29 is 9.47 Å². The van der Waals surface area contributed by atoms with Crippen molar-refractivity contribution in [3.63, 3.8) is 0 Å². The van der Waals surface area contributed by atoms with E-state index in [0.29, 0.717) is 0 Å². The standard InChI is InChI=1S/C11H15NO2/c1-11(12)6-7-4-9(13-2)10(14-3)5-8(7)11/h4-5H,6,12H2,1-3H3. The zero-order valence-corrected chi connectivity index (χ0v) is 8.76. The molecule has 0 radical (unpaired) electrons. The molecule has 3 heteroatoms. The molecular weight excluding hydrogens is 178 g/mol. The van der Waals surface area contributed by atoms with Gasteiger partial charge in [0.2, 0.25) is 0 Å². The Hall–Kier alpha value is -1.22. The van der Waals surface area contributed by atoms with Crippen LogP contribution in [0.2, 0.25) is 0 Å². The fraction of sp³-hybridized carbons (Fsp3) is 0.455. The van der Waals surface area contributed by atoms with Gasteiger partial charge in [0.25, 0.3) is 0 Å². The number of ether oxygens (including phenoxy) is 2. The number of nitrogens with two attached hydrogens (primary N) is 1. The molecule has 76 valence electrons. The molecule has 1 aromatic carbocycles. The number of fused-ring (bicyclic) bond motifs is 1. The Kier molecular flexibility index (Phi) is 1.93. The SMILES string of the molecule is COc1cc2c(cc1OC)C(C)(N)C2. The Morgan fingerprint density at radius 2 is 1.79 bits per heavy atom. The minimum absolute atomic E-state index is 0.200. The second kappa shape index (κ2) is 2.89. The van der Waals surface area contributed by atoms with Crippen LogP contribution in [0.25, 0.3) is 0 Å². The van der Waals surface area contributed by atoms with Gasteiger partial charge in [-0.05, 0) is 36.6 Å². The molecule has 0 aliphatic heterocycles. The van der Waals surface area contributed by atoms with Crippen molar-refractivity contribution in [2.75, 3.05) is 14.2 Å². The van der Waals surface area contributed by atoms with E-state index < -0.39 is 0 Å². The molecule has 1 aliphatic rings. The summed E-state index contributed by atoms with van der Waals surface area (Å²) in [6.45, 7) is 2.03. The van der Waals surface area contributed by atoms with Gasteiger partial charge in [-0.1, -0.05) is 0 Å². The van der Waals surface area contributed by atoms with Crippen LogP contribution in [-0.4, -0.2) is 14.2 Å². The molecule has 1 atom stereocenters. The third kappa shape index (κ3) is 1.16. The highest BCUT2D eigenvalue weighted by Gasteiger charge is 2.35. The largest absolute Gasteiger partial charge is 0.493 e. The average molecular weight is 193 g/mol. The summed E-state index contributed by atoms with van der Waals surface area (Å²) in [6.07, 6.45) is 0.905. The van der Waals surface area contributed by atoms with Crippen molar-refractivity contribution in [3.05, 3.63) is 23.3 Å². The van der Waals surface area contributed by atoms with Gasteiger partial charge in [0.05, 0.1) is 14.2 Å². The van der Waals surface area contributed by atoms with Crippen LogP contribution in [0.1, 0.15) is 18.1 Å². The Bertz CT molecular complexity index is 372. The van der Waals surface area contributed by atoms with Gasteiger partial charge in [-0.3, -0.25) is 0 Å². The van der Waals surface area contributed by atoms with Gasteiger partial charge in [0.15, 0.2) is 11.5 Å². The summed E-state index contributed by atoms with van der Waals surface area (Å²) in [5, 5.41) is 0. The van der Waals surface area contributed by atoms with Crippen LogP contribution in [0.15, 0.2) is 12.1 Å². The normalized spacial score (nSPS) is 23.7. The quantitative estimate of drug-likeness (QED) is 0.772. The summed E-state index contributed by atoms with van der Waals surface area (Å²) in [5.41, 5.74) is 8.27. The topological polar surface area (TPSA) is 44.5 Å². The molecule has 1 aromatic rings. The number of hydrogen-bond donors (Lipinski definition) is 1. The zero-order chi connectivity index (χ0) is 10.3. The van der Waals surface area contributed by atoms with Crippen molar-refractivity contribution in [1.82, 2.24) is 0 Å². The molecule has 1 unspecified atom stereocenters. The van der Waals surface area contributed by atoms with E-state index >= 15 is 0 Å². The first-order valence-corrected chi connectivity index (χ1v) is 4.63. The van der Waals surface area contributed by atoms with Crippen molar-refractivity contribution in [3.8, 4) is 11.5 Å². The molecule has 0 fully saturated rings. The first-order valence-electron chi connectivity index (χ1n) is 4.63. The van der Waals surface area contributed by atoms with Crippen LogP contribution < -0.4 is 15.2 Å². The predicted octanol–water partition coefficient (Wildman–Crippen LogP) is 1.43. The minimum Gasteiger partial charge on any atom is -0.493 e. The van der Waals surface area contributed by atoms with E-state index in [2.05, 4.69) is 0 Å². The lowest BCUT2D eigenvalue weighted by atomic mass is 9.72. The Morgan fingerprint density at radius 1 is 1.21 bits per heavy atom. The molecule has 3 nitrogen and oxygen atoms in total. The zero-order valence-electron chi connectivity index (χ0n) is 8.76. The van der Waals surface area contributed by atoms with Gasteiger partial charge >= 0.3 is 0 Å². The maximum atomic E-state index is 6.05. The number of methoxy groups -OCH3 is 2. The van der Waals surface area contributed by atoms with E-state index in [9.17, 15) is 0 Å². The molecule has 2 N–H and O–H groups in total. The lowest BCUT2D eigenvalue weighted by Crippen LogP contribution is -2.44. The monoisotopic (exact) mass is 193 g/mol. The van der Waals surface area contributed by atoms with Gasteiger partial charge in [0.1, 0.15) is 0 Å². The van der Waals surface area contributed by atoms with E-state index in [-0.39, 0.29) is 5.54 Å². The maximum absolute atomic E-state index is 6.05. The Balaban J connectivity index is 2.49. The second-order valence-electron chi connectivity index (χ2n) is 3.96. The van der Waals surface area contributed by atoms with Crippen LogP contribution in [0.3, 0.4) is 0 Å². The van der Waals surface area contributed by atoms with E-state index in [1.165, 1.54) is 5.56 Å². The number of rotatable bonds is 2. The lowest BCUT2D eigenvalue weighted by molar-refractivity contribution is 0.345. The Morgan fingerprint density at radius 3 is 2.29 bits per heavy atom. The molecule has 0 heterocycles. The van der Waals surface area contributed by atoms with E-state index in [4.69, 9.17) is 15.2 Å². The van der Waals surface area contributed by atoms with Crippen molar-refractivity contribution in [1.29, 1.82) is 0 Å². The van der Waals surface area contributed by atoms with Crippen molar-refractivity contribution in [2.45, 2.75) is 18.9 Å². The Labute approximate surface area is 83.8 Å². The molecule has 0 spiro atoms. The predicted molar refractivity (Wildman–Crippen MR) is 54.8 cm³/mol. The molecule has 0 saturated carbocycles. The molecular formula is C11H15NO2. The highest BCUT2D eigenvalue weighted by Crippen LogP contribution is 2.42. The van der Waals surface area contributed by atoms with Crippen LogP contribution in [-0.2, 0) is 12.0 Å². The first-order chi connectivity index (χ1) is 6.58. The number of hydrogen-bond acceptors (Lipinski definition) is 3. The fourth-order valence-electron chi connectivity index (χ4n) is 1.98. The average Bonchev–Trinajstić information content (AvgIpc) is 2.15. The smallest absolute Gasteiger partial charge is 0.161 e. The highest BCUT2D eigenvalue weighted by molar-refractivity contribution is 5.54. The van der Waals surface area contributed by atoms with Gasteiger partial charge in [0, 0.05) is 5.54 Å². The van der Waals surface area contributed by atoms with Gasteiger partial charge in [-0.15, -0.1) is 0 Å². The van der Waals surface area contributed by atoms with E-state index in [1.807, 2.05) is 19.1 Å². The summed E-state index contributed by atoms with van der Waals surface area (Å²) in [5.74, 6) is 1.53. The molecule has 0 amide bonds. The fourth-order valence-corrected chi connectivity index (χ4v) is 1.98. The third-order valence-corrected chi connectivity index (χ3v) is 2.78. The molecule has 0 saturated heterocycles. The van der Waals surface area contributed by atoms with Crippen LogP contribution in [0.4, 0.5) is 0 Å². The molecule has 14 heavy (non-hydrogen) atoms. The maximum Gasteiger partial charge on any atom is 0.161 e. The molecule has 2 rings (SSSR count). The van der Waals surface area contributed by atoms with Crippen LogP contribution in [0.5, 0.6) is 11.5 Å². The van der Waals surface area contributed by atoms with E-state index in [0.717, 1.165) is 23.5 Å². The van der Waals surface area contributed by atoms with Crippen LogP contribution in [0, 0.1) is 0 Å².